The van der Waals surface area contributed by atoms with Gasteiger partial charge in [0.15, 0.2) is 5.76 Å². The summed E-state index contributed by atoms with van der Waals surface area (Å²) in [5.74, 6) is 0.600. The lowest BCUT2D eigenvalue weighted by Crippen LogP contribution is -2.40. The summed E-state index contributed by atoms with van der Waals surface area (Å²) < 4.78 is 11.6. The summed E-state index contributed by atoms with van der Waals surface area (Å²) in [5.41, 5.74) is 8.49. The van der Waals surface area contributed by atoms with Crippen LogP contribution in [0.5, 0.6) is 0 Å². The molecule has 7 heteroatoms. The quantitative estimate of drug-likeness (QED) is 0.555. The molecule has 3 aromatic rings. The number of benzene rings is 1. The van der Waals surface area contributed by atoms with Gasteiger partial charge < -0.3 is 14.2 Å². The highest BCUT2D eigenvalue weighted by atomic mass is 16.4. The molecule has 0 aliphatic heterocycles. The lowest BCUT2D eigenvalue weighted by Gasteiger charge is -2.19. The fourth-order valence-electron chi connectivity index (χ4n) is 4.49. The van der Waals surface area contributed by atoms with Crippen molar-refractivity contribution in [3.8, 4) is 0 Å². The molecule has 0 saturated heterocycles. The fourth-order valence-corrected chi connectivity index (χ4v) is 4.49. The van der Waals surface area contributed by atoms with E-state index in [0.717, 1.165) is 63.1 Å². The fraction of sp³-hybridized carbons (Fsp3) is 0.423. The average molecular weight is 450 g/mol. The summed E-state index contributed by atoms with van der Waals surface area (Å²) in [6.45, 7) is 11.7. The molecule has 1 aromatic carbocycles. The first-order valence-electron chi connectivity index (χ1n) is 11.3. The van der Waals surface area contributed by atoms with Crippen molar-refractivity contribution in [2.24, 2.45) is 5.10 Å². The molecule has 1 aliphatic rings. The molecule has 0 radical (unpaired) electrons. The van der Waals surface area contributed by atoms with Crippen LogP contribution in [0.3, 0.4) is 0 Å². The van der Waals surface area contributed by atoms with Gasteiger partial charge in [-0.1, -0.05) is 6.07 Å². The zero-order valence-electron chi connectivity index (χ0n) is 20.1. The van der Waals surface area contributed by atoms with Crippen LogP contribution in [0, 0.1) is 20.8 Å². The number of fused-ring (bicyclic) bond motifs is 2. The molecule has 0 fully saturated rings. The van der Waals surface area contributed by atoms with E-state index in [1.54, 1.807) is 6.26 Å². The van der Waals surface area contributed by atoms with Crippen molar-refractivity contribution in [1.82, 2.24) is 10.7 Å². The van der Waals surface area contributed by atoms with Crippen LogP contribution in [0.25, 0.3) is 11.0 Å². The standard InChI is InChI=1S/C26H31N3O4/c1-14-10-15(2)22-17(13-32-20(22)11-14)12-21(30)29-28-18-8-7-9-19-23(18)16(3)24(33-19)25(31)27-26(4,5)6/h10-11,13H,7-9,12H2,1-6H3,(H,27,31)(H,29,30)/b28-18+. The van der Waals surface area contributed by atoms with Gasteiger partial charge in [0.25, 0.3) is 5.91 Å². The van der Waals surface area contributed by atoms with E-state index in [4.69, 9.17) is 8.83 Å². The maximum atomic E-state index is 12.7. The molecule has 0 atom stereocenters. The van der Waals surface area contributed by atoms with Crippen LogP contribution < -0.4 is 10.7 Å². The molecular formula is C26H31N3O4. The maximum Gasteiger partial charge on any atom is 0.287 e. The van der Waals surface area contributed by atoms with E-state index in [9.17, 15) is 9.59 Å². The van der Waals surface area contributed by atoms with Crippen LogP contribution >= 0.6 is 0 Å². The molecule has 2 amide bonds. The number of amides is 2. The monoisotopic (exact) mass is 449 g/mol. The van der Waals surface area contributed by atoms with Crippen molar-refractivity contribution in [3.63, 3.8) is 0 Å². The Balaban J connectivity index is 1.53. The molecule has 0 saturated carbocycles. The average Bonchev–Trinajstić information content (AvgIpc) is 3.26. The van der Waals surface area contributed by atoms with Crippen molar-refractivity contribution in [2.75, 3.05) is 0 Å². The van der Waals surface area contributed by atoms with Gasteiger partial charge in [-0.3, -0.25) is 9.59 Å². The number of hydrazone groups is 1. The van der Waals surface area contributed by atoms with Gasteiger partial charge >= 0.3 is 0 Å². The molecule has 7 nitrogen and oxygen atoms in total. The maximum absolute atomic E-state index is 12.7. The van der Waals surface area contributed by atoms with Gasteiger partial charge in [0, 0.05) is 34.0 Å². The predicted molar refractivity (Wildman–Crippen MR) is 128 cm³/mol. The molecule has 33 heavy (non-hydrogen) atoms. The van der Waals surface area contributed by atoms with E-state index in [1.807, 2.05) is 47.6 Å². The summed E-state index contributed by atoms with van der Waals surface area (Å²) in [7, 11) is 0. The van der Waals surface area contributed by atoms with Crippen molar-refractivity contribution in [1.29, 1.82) is 0 Å². The van der Waals surface area contributed by atoms with Crippen LogP contribution in [0.1, 0.15) is 77.7 Å². The molecule has 174 valence electrons. The Morgan fingerprint density at radius 3 is 2.61 bits per heavy atom. The Bertz CT molecular complexity index is 1270. The Kier molecular flexibility index (Phi) is 5.91. The van der Waals surface area contributed by atoms with Crippen molar-refractivity contribution in [2.45, 2.75) is 72.8 Å². The minimum Gasteiger partial charge on any atom is -0.464 e. The van der Waals surface area contributed by atoms with E-state index < -0.39 is 0 Å². The van der Waals surface area contributed by atoms with Crippen LogP contribution in [-0.2, 0) is 17.6 Å². The van der Waals surface area contributed by atoms with E-state index in [1.165, 1.54) is 0 Å². The van der Waals surface area contributed by atoms with E-state index in [2.05, 4.69) is 21.9 Å². The van der Waals surface area contributed by atoms with Crippen molar-refractivity contribution >= 4 is 28.5 Å². The van der Waals surface area contributed by atoms with Gasteiger partial charge in [-0.2, -0.15) is 5.10 Å². The van der Waals surface area contributed by atoms with Crippen LogP contribution in [0.2, 0.25) is 0 Å². The van der Waals surface area contributed by atoms with Gasteiger partial charge in [-0.25, -0.2) is 5.43 Å². The summed E-state index contributed by atoms with van der Waals surface area (Å²) in [6.07, 6.45) is 4.11. The normalized spacial score (nSPS) is 15.0. The first-order valence-corrected chi connectivity index (χ1v) is 11.3. The van der Waals surface area contributed by atoms with Gasteiger partial charge in [0.05, 0.1) is 18.4 Å². The second-order valence-electron chi connectivity index (χ2n) is 9.90. The van der Waals surface area contributed by atoms with Crippen LogP contribution in [-0.4, -0.2) is 23.1 Å². The number of furan rings is 2. The highest BCUT2D eigenvalue weighted by Crippen LogP contribution is 2.30. The number of carbonyl (C=O) groups excluding carboxylic acids is 2. The summed E-state index contributed by atoms with van der Waals surface area (Å²) in [6, 6.07) is 4.06. The van der Waals surface area contributed by atoms with E-state index in [-0.39, 0.29) is 23.8 Å². The number of hydrogen-bond donors (Lipinski definition) is 2. The minimum atomic E-state index is -0.365. The number of hydrogen-bond acceptors (Lipinski definition) is 5. The van der Waals surface area contributed by atoms with Gasteiger partial charge in [0.2, 0.25) is 5.91 Å². The largest absolute Gasteiger partial charge is 0.464 e. The Labute approximate surface area is 193 Å². The molecular weight excluding hydrogens is 418 g/mol. The molecule has 2 N–H and O–H groups in total. The number of nitrogens with one attached hydrogen (secondary N) is 2. The Hall–Kier alpha value is -3.35. The van der Waals surface area contributed by atoms with Gasteiger partial charge in [-0.05, 0) is 71.6 Å². The molecule has 0 unspecified atom stereocenters. The van der Waals surface area contributed by atoms with E-state index >= 15 is 0 Å². The second-order valence-corrected chi connectivity index (χ2v) is 9.90. The Morgan fingerprint density at radius 2 is 1.88 bits per heavy atom. The summed E-state index contributed by atoms with van der Waals surface area (Å²) in [5, 5.41) is 8.35. The highest BCUT2D eigenvalue weighted by molar-refractivity contribution is 6.06. The van der Waals surface area contributed by atoms with Gasteiger partial charge in [-0.15, -0.1) is 0 Å². The van der Waals surface area contributed by atoms with E-state index in [0.29, 0.717) is 12.2 Å². The number of carbonyl (C=O) groups is 2. The minimum absolute atomic E-state index is 0.171. The van der Waals surface area contributed by atoms with Gasteiger partial charge in [0.1, 0.15) is 11.3 Å². The first kappa shape index (κ1) is 22.8. The van der Waals surface area contributed by atoms with Crippen molar-refractivity contribution < 1.29 is 18.4 Å². The lowest BCUT2D eigenvalue weighted by molar-refractivity contribution is -0.120. The molecule has 2 heterocycles. The zero-order valence-corrected chi connectivity index (χ0v) is 20.1. The molecule has 2 aromatic heterocycles. The number of nitrogens with zero attached hydrogens (tertiary/aromatic N) is 1. The zero-order chi connectivity index (χ0) is 23.9. The highest BCUT2D eigenvalue weighted by Gasteiger charge is 2.29. The van der Waals surface area contributed by atoms with Crippen molar-refractivity contribution in [3.05, 3.63) is 57.7 Å². The summed E-state index contributed by atoms with van der Waals surface area (Å²) in [4.78, 5) is 25.4. The summed E-state index contributed by atoms with van der Waals surface area (Å²) >= 11 is 0. The molecule has 1 aliphatic carbocycles. The third-order valence-electron chi connectivity index (χ3n) is 5.78. The molecule has 0 bridgehead atoms. The third kappa shape index (κ3) is 4.72. The lowest BCUT2D eigenvalue weighted by atomic mass is 9.93. The topological polar surface area (TPSA) is 96.8 Å². The SMILES string of the molecule is Cc1cc(C)c2c(CC(=O)N/N=C3\CCCc4oc(C(=O)NC(C)(C)C)c(C)c43)coc2c1. The predicted octanol–water partition coefficient (Wildman–Crippen LogP) is 4.88. The Morgan fingerprint density at radius 1 is 1.12 bits per heavy atom. The first-order chi connectivity index (χ1) is 15.5. The third-order valence-corrected chi connectivity index (χ3v) is 5.78. The molecule has 0 spiro atoms. The second kappa shape index (κ2) is 8.54. The van der Waals surface area contributed by atoms with Crippen LogP contribution in [0.4, 0.5) is 0 Å². The molecule has 4 rings (SSSR count). The smallest absolute Gasteiger partial charge is 0.287 e. The number of rotatable bonds is 4. The number of aryl methyl sites for hydroxylation is 3. The van der Waals surface area contributed by atoms with Crippen LogP contribution in [0.15, 0.2) is 32.3 Å².